The Morgan fingerprint density at radius 1 is 0.640 bits per heavy atom. The van der Waals surface area contributed by atoms with Crippen LogP contribution in [0.15, 0.2) is 84.9 Å². The highest BCUT2D eigenvalue weighted by atomic mass is 19.2. The van der Waals surface area contributed by atoms with Crippen molar-refractivity contribution in [3.8, 4) is 33.8 Å². The van der Waals surface area contributed by atoms with E-state index in [1.165, 1.54) is 68.4 Å². The number of carbonyl (C=O) groups excluding carboxylic acids is 1. The lowest BCUT2D eigenvalue weighted by Crippen LogP contribution is -2.13. The molecule has 266 valence electrons. The molecule has 4 aromatic rings. The smallest absolute Gasteiger partial charge is 0.311 e. The van der Waals surface area contributed by atoms with Crippen molar-refractivity contribution in [3.63, 3.8) is 0 Å². The molecule has 0 radical (unpaired) electrons. The lowest BCUT2D eigenvalue weighted by Gasteiger charge is -2.28. The molecule has 0 amide bonds. The maximum atomic E-state index is 15.1. The Balaban J connectivity index is 0.921. The third kappa shape index (κ3) is 11.0. The van der Waals surface area contributed by atoms with Crippen molar-refractivity contribution >= 4 is 5.97 Å². The zero-order valence-corrected chi connectivity index (χ0v) is 29.4. The molecule has 0 aliphatic heterocycles. The standard InChI is InChI=1S/C44H51F3O3/c1-2-11-32-13-15-33(16-14-32)34-17-19-37(20-18-34)40-29-30-41(44(47)43(40)46)50-42(48)12-9-7-5-3-4-6-8-10-31-49-39-27-23-36(24-28-39)35-21-25-38(45)26-22-35/h17-30,32-33H,2-16,31H2,1H3. The minimum Gasteiger partial charge on any atom is -0.494 e. The van der Waals surface area contributed by atoms with E-state index in [-0.39, 0.29) is 23.6 Å². The van der Waals surface area contributed by atoms with Crippen LogP contribution in [0.2, 0.25) is 0 Å². The molecule has 0 N–H and O–H groups in total. The normalized spacial score (nSPS) is 15.9. The largest absolute Gasteiger partial charge is 0.494 e. The second-order valence-corrected chi connectivity index (χ2v) is 13.8. The third-order valence-electron chi connectivity index (χ3n) is 10.1. The van der Waals surface area contributed by atoms with Gasteiger partial charge in [-0.25, -0.2) is 8.78 Å². The van der Waals surface area contributed by atoms with Crippen LogP contribution in [0.25, 0.3) is 22.3 Å². The van der Waals surface area contributed by atoms with Gasteiger partial charge in [-0.2, -0.15) is 4.39 Å². The average Bonchev–Trinajstić information content (AvgIpc) is 3.14. The van der Waals surface area contributed by atoms with E-state index in [4.69, 9.17) is 9.47 Å². The molecule has 1 aliphatic carbocycles. The van der Waals surface area contributed by atoms with E-state index in [2.05, 4.69) is 6.92 Å². The first kappa shape index (κ1) is 37.2. The number of halogens is 3. The Hall–Kier alpha value is -4.06. The minimum absolute atomic E-state index is 0.169. The summed E-state index contributed by atoms with van der Waals surface area (Å²) in [6.45, 7) is 2.91. The Labute approximate surface area is 296 Å². The summed E-state index contributed by atoms with van der Waals surface area (Å²) in [5.41, 5.74) is 4.04. The van der Waals surface area contributed by atoms with Crippen LogP contribution in [0.4, 0.5) is 13.2 Å². The van der Waals surface area contributed by atoms with Crippen LogP contribution in [-0.2, 0) is 4.79 Å². The van der Waals surface area contributed by atoms with Gasteiger partial charge in [0.25, 0.3) is 0 Å². The molecule has 0 atom stereocenters. The fraction of sp³-hybridized carbons (Fsp3) is 0.432. The molecule has 1 saturated carbocycles. The Bertz CT molecular complexity index is 1610. The average molecular weight is 685 g/mol. The van der Waals surface area contributed by atoms with Crippen molar-refractivity contribution in [2.75, 3.05) is 6.61 Å². The monoisotopic (exact) mass is 684 g/mol. The van der Waals surface area contributed by atoms with Gasteiger partial charge in [-0.15, -0.1) is 0 Å². The number of carbonyl (C=O) groups is 1. The summed E-state index contributed by atoms with van der Waals surface area (Å²) in [6.07, 6.45) is 15.6. The molecule has 0 heterocycles. The molecular formula is C44H51F3O3. The van der Waals surface area contributed by atoms with Crippen LogP contribution in [0, 0.1) is 23.4 Å². The molecule has 1 fully saturated rings. The fourth-order valence-electron chi connectivity index (χ4n) is 7.14. The van der Waals surface area contributed by atoms with Crippen LogP contribution < -0.4 is 9.47 Å². The molecular weight excluding hydrogens is 633 g/mol. The zero-order chi connectivity index (χ0) is 35.1. The minimum atomic E-state index is -1.13. The topological polar surface area (TPSA) is 35.5 Å². The van der Waals surface area contributed by atoms with Gasteiger partial charge in [0.15, 0.2) is 11.6 Å². The highest BCUT2D eigenvalue weighted by Crippen LogP contribution is 2.38. The van der Waals surface area contributed by atoms with E-state index >= 15 is 4.39 Å². The van der Waals surface area contributed by atoms with Crippen molar-refractivity contribution in [1.29, 1.82) is 0 Å². The Kier molecular flexibility index (Phi) is 14.4. The number of esters is 1. The Morgan fingerprint density at radius 3 is 1.86 bits per heavy atom. The highest BCUT2D eigenvalue weighted by Gasteiger charge is 2.23. The molecule has 0 unspecified atom stereocenters. The van der Waals surface area contributed by atoms with E-state index in [0.29, 0.717) is 24.5 Å². The van der Waals surface area contributed by atoms with Crippen molar-refractivity contribution in [2.24, 2.45) is 5.92 Å². The molecule has 0 bridgehead atoms. The molecule has 4 aromatic carbocycles. The molecule has 6 heteroatoms. The first-order valence-corrected chi connectivity index (χ1v) is 18.7. The summed E-state index contributed by atoms with van der Waals surface area (Å²) >= 11 is 0. The van der Waals surface area contributed by atoms with Gasteiger partial charge in [0, 0.05) is 12.0 Å². The van der Waals surface area contributed by atoms with Crippen molar-refractivity contribution in [3.05, 3.63) is 108 Å². The van der Waals surface area contributed by atoms with Crippen molar-refractivity contribution in [2.45, 2.75) is 109 Å². The van der Waals surface area contributed by atoms with Crippen LogP contribution in [0.3, 0.4) is 0 Å². The first-order chi connectivity index (χ1) is 24.4. The quantitative estimate of drug-likeness (QED) is 0.0594. The molecule has 0 saturated heterocycles. The van der Waals surface area contributed by atoms with Gasteiger partial charge in [-0.1, -0.05) is 107 Å². The molecule has 0 spiro atoms. The number of hydrogen-bond donors (Lipinski definition) is 0. The van der Waals surface area contributed by atoms with E-state index in [0.717, 1.165) is 67.7 Å². The van der Waals surface area contributed by atoms with Gasteiger partial charge in [0.05, 0.1) is 6.61 Å². The van der Waals surface area contributed by atoms with E-state index < -0.39 is 17.6 Å². The van der Waals surface area contributed by atoms with Gasteiger partial charge < -0.3 is 9.47 Å². The van der Waals surface area contributed by atoms with E-state index in [9.17, 15) is 13.6 Å². The molecule has 1 aliphatic rings. The van der Waals surface area contributed by atoms with Gasteiger partial charge >= 0.3 is 5.97 Å². The highest BCUT2D eigenvalue weighted by molar-refractivity contribution is 5.73. The predicted octanol–water partition coefficient (Wildman–Crippen LogP) is 13.0. The number of ether oxygens (including phenoxy) is 2. The van der Waals surface area contributed by atoms with Crippen molar-refractivity contribution in [1.82, 2.24) is 0 Å². The van der Waals surface area contributed by atoms with E-state index in [1.807, 2.05) is 48.5 Å². The lowest BCUT2D eigenvalue weighted by molar-refractivity contribution is -0.134. The summed E-state index contributed by atoms with van der Waals surface area (Å²) in [5, 5.41) is 0. The second kappa shape index (κ2) is 19.4. The van der Waals surface area contributed by atoms with Gasteiger partial charge in [0.1, 0.15) is 11.6 Å². The zero-order valence-electron chi connectivity index (χ0n) is 29.4. The molecule has 0 aromatic heterocycles. The van der Waals surface area contributed by atoms with E-state index in [1.54, 1.807) is 12.1 Å². The number of rotatable bonds is 18. The van der Waals surface area contributed by atoms with Gasteiger partial charge in [-0.05, 0) is 109 Å². The van der Waals surface area contributed by atoms with Crippen LogP contribution in [-0.4, -0.2) is 12.6 Å². The van der Waals surface area contributed by atoms with Gasteiger partial charge in [0.2, 0.25) is 5.82 Å². The molecule has 50 heavy (non-hydrogen) atoms. The summed E-state index contributed by atoms with van der Waals surface area (Å²) in [4.78, 5) is 12.4. The van der Waals surface area contributed by atoms with Gasteiger partial charge in [-0.3, -0.25) is 4.79 Å². The molecule has 3 nitrogen and oxygen atoms in total. The third-order valence-corrected chi connectivity index (χ3v) is 10.1. The second-order valence-electron chi connectivity index (χ2n) is 13.8. The van der Waals surface area contributed by atoms with Crippen LogP contribution in [0.5, 0.6) is 11.5 Å². The van der Waals surface area contributed by atoms with Crippen LogP contribution >= 0.6 is 0 Å². The number of hydrogen-bond acceptors (Lipinski definition) is 3. The summed E-state index contributed by atoms with van der Waals surface area (Å²) < 4.78 is 54.2. The fourth-order valence-corrected chi connectivity index (χ4v) is 7.14. The number of benzene rings is 4. The maximum absolute atomic E-state index is 15.1. The maximum Gasteiger partial charge on any atom is 0.311 e. The summed E-state index contributed by atoms with van der Waals surface area (Å²) in [6, 6.07) is 25.0. The Morgan fingerprint density at radius 2 is 1.22 bits per heavy atom. The lowest BCUT2D eigenvalue weighted by atomic mass is 9.77. The molecule has 5 rings (SSSR count). The predicted molar refractivity (Wildman–Crippen MR) is 196 cm³/mol. The van der Waals surface area contributed by atoms with Crippen molar-refractivity contribution < 1.29 is 27.4 Å². The number of unbranched alkanes of at least 4 members (excludes halogenated alkanes) is 7. The SMILES string of the molecule is CCCC1CCC(c2ccc(-c3ccc(OC(=O)CCCCCCCCCCOc4ccc(-c5ccc(F)cc5)cc4)c(F)c3F)cc2)CC1. The van der Waals surface area contributed by atoms with Crippen LogP contribution in [0.1, 0.15) is 115 Å². The summed E-state index contributed by atoms with van der Waals surface area (Å²) in [5.74, 6) is -1.06. The summed E-state index contributed by atoms with van der Waals surface area (Å²) in [7, 11) is 0. The first-order valence-electron chi connectivity index (χ1n) is 18.7.